The zero-order valence-corrected chi connectivity index (χ0v) is 13.2. The zero-order valence-electron chi connectivity index (χ0n) is 11.6. The number of rotatable bonds is 3. The number of halogens is 1. The van der Waals surface area contributed by atoms with Gasteiger partial charge in [-0.25, -0.2) is 9.59 Å². The third kappa shape index (κ3) is 3.04. The lowest BCUT2D eigenvalue weighted by Crippen LogP contribution is -2.31. The molecule has 0 unspecified atom stereocenters. The zero-order chi connectivity index (χ0) is 16.3. The molecule has 0 aliphatic carbocycles. The summed E-state index contributed by atoms with van der Waals surface area (Å²) in [5.74, 6) is -0.856. The van der Waals surface area contributed by atoms with E-state index in [0.717, 1.165) is 4.90 Å². The van der Waals surface area contributed by atoms with Gasteiger partial charge in [-0.1, -0.05) is 12.1 Å². The molecule has 0 aromatic heterocycles. The highest BCUT2D eigenvalue weighted by molar-refractivity contribution is 9.10. The molecule has 2 rings (SSSR count). The molecule has 0 aliphatic rings. The number of anilines is 2. The Hall–Kier alpha value is -2.54. The predicted octanol–water partition coefficient (Wildman–Crippen LogP) is 3.16. The van der Waals surface area contributed by atoms with Crippen molar-refractivity contribution in [2.24, 2.45) is 5.73 Å². The third-order valence-corrected chi connectivity index (χ3v) is 3.62. The maximum Gasteiger partial charge on any atom is 0.337 e. The fourth-order valence-corrected chi connectivity index (χ4v) is 2.42. The summed E-state index contributed by atoms with van der Waals surface area (Å²) in [6, 6.07) is 10.2. The second-order valence-electron chi connectivity index (χ2n) is 4.32. The highest BCUT2D eigenvalue weighted by Crippen LogP contribution is 2.37. The molecule has 2 aromatic rings. The average Bonchev–Trinajstić information content (AvgIpc) is 2.49. The van der Waals surface area contributed by atoms with Crippen LogP contribution in [0.1, 0.15) is 10.4 Å². The molecule has 0 atom stereocenters. The van der Waals surface area contributed by atoms with Crippen LogP contribution < -0.4 is 10.6 Å². The lowest BCUT2D eigenvalue weighted by Gasteiger charge is -2.23. The van der Waals surface area contributed by atoms with Crippen LogP contribution in [0.15, 0.2) is 46.9 Å². The van der Waals surface area contributed by atoms with Gasteiger partial charge in [-0.3, -0.25) is 4.90 Å². The summed E-state index contributed by atoms with van der Waals surface area (Å²) >= 11 is 3.33. The Kier molecular flexibility index (Phi) is 4.67. The Morgan fingerprint density at radius 3 is 2.41 bits per heavy atom. The quantitative estimate of drug-likeness (QED) is 0.818. The number of nitrogens with two attached hydrogens (primary N) is 1. The Labute approximate surface area is 135 Å². The van der Waals surface area contributed by atoms with Crippen LogP contribution in [0.25, 0.3) is 0 Å². The van der Waals surface area contributed by atoms with E-state index in [0.29, 0.717) is 10.2 Å². The Balaban J connectivity index is 2.53. The topological polar surface area (TPSA) is 92.9 Å². The number of para-hydroxylation sites is 1. The number of benzene rings is 2. The maximum absolute atomic E-state index is 11.8. The number of nitrogens with zero attached hydrogens (tertiary/aromatic N) is 1. The number of hydrogen-bond acceptors (Lipinski definition) is 4. The summed E-state index contributed by atoms with van der Waals surface area (Å²) in [6.07, 6.45) is 0. The number of amides is 2. The molecule has 0 spiro atoms. The van der Waals surface area contributed by atoms with Gasteiger partial charge in [0.2, 0.25) is 0 Å². The Bertz CT molecular complexity index is 733. The number of primary amides is 1. The Morgan fingerprint density at radius 2 is 1.86 bits per heavy atom. The predicted molar refractivity (Wildman–Crippen MR) is 85.3 cm³/mol. The molecule has 7 heteroatoms. The van der Waals surface area contributed by atoms with Crippen molar-refractivity contribution in [1.29, 1.82) is 0 Å². The fourth-order valence-electron chi connectivity index (χ4n) is 1.96. The molecule has 0 saturated heterocycles. The Morgan fingerprint density at radius 1 is 1.18 bits per heavy atom. The van der Waals surface area contributed by atoms with Gasteiger partial charge >= 0.3 is 12.0 Å². The van der Waals surface area contributed by atoms with Crippen molar-refractivity contribution in [3.63, 3.8) is 0 Å². The molecule has 2 amide bonds. The summed E-state index contributed by atoms with van der Waals surface area (Å²) in [6.45, 7) is 0. The van der Waals surface area contributed by atoms with Crippen molar-refractivity contribution in [2.45, 2.75) is 0 Å². The third-order valence-electron chi connectivity index (χ3n) is 2.95. The van der Waals surface area contributed by atoms with E-state index < -0.39 is 12.0 Å². The number of hydrogen-bond donors (Lipinski definition) is 2. The van der Waals surface area contributed by atoms with Crippen molar-refractivity contribution in [2.75, 3.05) is 12.0 Å². The molecule has 6 nitrogen and oxygen atoms in total. The van der Waals surface area contributed by atoms with Crippen molar-refractivity contribution < 1.29 is 19.4 Å². The molecule has 0 saturated carbocycles. The minimum absolute atomic E-state index is 0.159. The van der Waals surface area contributed by atoms with Crippen LogP contribution in [0, 0.1) is 0 Å². The molecule has 2 aromatic carbocycles. The highest BCUT2D eigenvalue weighted by Gasteiger charge is 2.21. The van der Waals surface area contributed by atoms with Crippen molar-refractivity contribution in [1.82, 2.24) is 0 Å². The van der Waals surface area contributed by atoms with E-state index in [1.54, 1.807) is 24.3 Å². The molecule has 0 radical (unpaired) electrons. The van der Waals surface area contributed by atoms with Gasteiger partial charge in [0.15, 0.2) is 0 Å². The van der Waals surface area contributed by atoms with Crippen LogP contribution in [-0.4, -0.2) is 24.2 Å². The van der Waals surface area contributed by atoms with Crippen LogP contribution in [0.5, 0.6) is 5.75 Å². The monoisotopic (exact) mass is 364 g/mol. The number of carbonyl (C=O) groups excluding carboxylic acids is 2. The van der Waals surface area contributed by atoms with E-state index in [9.17, 15) is 14.7 Å². The molecule has 0 aliphatic heterocycles. The van der Waals surface area contributed by atoms with Gasteiger partial charge in [0.1, 0.15) is 5.75 Å². The van der Waals surface area contributed by atoms with Gasteiger partial charge in [-0.05, 0) is 46.3 Å². The minimum Gasteiger partial charge on any atom is -0.506 e. The second-order valence-corrected chi connectivity index (χ2v) is 5.17. The van der Waals surface area contributed by atoms with Gasteiger partial charge in [0, 0.05) is 4.47 Å². The number of carbonyl (C=O) groups is 2. The first-order valence-corrected chi connectivity index (χ1v) is 7.00. The number of urea groups is 1. The number of phenols is 1. The van der Waals surface area contributed by atoms with E-state index in [1.165, 1.54) is 25.3 Å². The largest absolute Gasteiger partial charge is 0.506 e. The van der Waals surface area contributed by atoms with E-state index in [2.05, 4.69) is 20.7 Å². The number of ether oxygens (including phenoxy) is 1. The normalized spacial score (nSPS) is 10.1. The summed E-state index contributed by atoms with van der Waals surface area (Å²) in [4.78, 5) is 24.4. The lowest BCUT2D eigenvalue weighted by molar-refractivity contribution is 0.0600. The first-order valence-electron chi connectivity index (χ1n) is 6.21. The molecular weight excluding hydrogens is 352 g/mol. The molecule has 3 N–H and O–H groups in total. The first-order chi connectivity index (χ1) is 10.5. The van der Waals surface area contributed by atoms with E-state index in [-0.39, 0.29) is 17.0 Å². The van der Waals surface area contributed by atoms with Crippen LogP contribution in [-0.2, 0) is 4.74 Å². The molecule has 0 heterocycles. The van der Waals surface area contributed by atoms with Crippen molar-refractivity contribution in [3.8, 4) is 5.75 Å². The van der Waals surface area contributed by atoms with Crippen LogP contribution >= 0.6 is 15.9 Å². The summed E-state index contributed by atoms with van der Waals surface area (Å²) in [7, 11) is 1.24. The van der Waals surface area contributed by atoms with Crippen LogP contribution in [0.3, 0.4) is 0 Å². The van der Waals surface area contributed by atoms with Crippen LogP contribution in [0.4, 0.5) is 16.2 Å². The molecule has 0 fully saturated rings. The SMILES string of the molecule is COC(=O)c1ccc(N(C(N)=O)c2ccccc2Br)c(O)c1. The van der Waals surface area contributed by atoms with E-state index >= 15 is 0 Å². The summed E-state index contributed by atoms with van der Waals surface area (Å²) < 4.78 is 5.21. The molecule has 0 bridgehead atoms. The number of aromatic hydroxyl groups is 1. The number of esters is 1. The molecular formula is C15H13BrN2O4. The first kappa shape index (κ1) is 15.8. The highest BCUT2D eigenvalue weighted by atomic mass is 79.9. The summed E-state index contributed by atoms with van der Waals surface area (Å²) in [5.41, 5.74) is 6.22. The van der Waals surface area contributed by atoms with Crippen molar-refractivity contribution >= 4 is 39.3 Å². The van der Waals surface area contributed by atoms with E-state index in [1.807, 2.05) is 0 Å². The summed E-state index contributed by atoms with van der Waals surface area (Å²) in [5, 5.41) is 10.1. The van der Waals surface area contributed by atoms with Gasteiger partial charge in [0.25, 0.3) is 0 Å². The standard InChI is InChI=1S/C15H13BrN2O4/c1-22-14(20)9-6-7-12(13(19)8-9)18(15(17)21)11-5-3-2-4-10(11)16/h2-8,19H,1H3,(H2,17,21). The lowest BCUT2D eigenvalue weighted by atomic mass is 10.1. The van der Waals surface area contributed by atoms with E-state index in [4.69, 9.17) is 5.73 Å². The van der Waals surface area contributed by atoms with Gasteiger partial charge in [-0.15, -0.1) is 0 Å². The van der Waals surface area contributed by atoms with Crippen molar-refractivity contribution in [3.05, 3.63) is 52.5 Å². The van der Waals surface area contributed by atoms with Crippen LogP contribution in [0.2, 0.25) is 0 Å². The average molecular weight is 365 g/mol. The smallest absolute Gasteiger partial charge is 0.337 e. The minimum atomic E-state index is -0.770. The maximum atomic E-state index is 11.8. The second kappa shape index (κ2) is 6.48. The number of methoxy groups -OCH3 is 1. The van der Waals surface area contributed by atoms with Gasteiger partial charge in [-0.2, -0.15) is 0 Å². The van der Waals surface area contributed by atoms with Gasteiger partial charge < -0.3 is 15.6 Å². The molecule has 22 heavy (non-hydrogen) atoms. The van der Waals surface area contributed by atoms with Gasteiger partial charge in [0.05, 0.1) is 24.0 Å². The fraction of sp³-hybridized carbons (Fsp3) is 0.0667. The number of phenolic OH excluding ortho intramolecular Hbond substituents is 1. The molecule has 114 valence electrons.